The van der Waals surface area contributed by atoms with Crippen LogP contribution in [0.4, 0.5) is 0 Å². The topological polar surface area (TPSA) is 18.7 Å². The molecule has 0 spiro atoms. The molecule has 0 radical (unpaired) electrons. The number of rotatable bonds is 5. The van der Waals surface area contributed by atoms with E-state index in [1.165, 1.54) is 88.3 Å². The zero-order valence-corrected chi connectivity index (χ0v) is 30.4. The van der Waals surface area contributed by atoms with Crippen LogP contribution in [0.25, 0.3) is 99.7 Å². The van der Waals surface area contributed by atoms with Crippen LogP contribution in [0.3, 0.4) is 0 Å². The van der Waals surface area contributed by atoms with Crippen LogP contribution in [-0.4, -0.2) is 17.9 Å². The van der Waals surface area contributed by atoms with E-state index in [-0.39, 0.29) is 0 Å². The van der Waals surface area contributed by atoms with Crippen LogP contribution < -0.4 is 0 Å². The van der Waals surface area contributed by atoms with Gasteiger partial charge < -0.3 is 17.9 Å². The van der Waals surface area contributed by atoms with E-state index >= 15 is 0 Å². The molecule has 12 aromatic rings. The third kappa shape index (κ3) is 4.35. The van der Waals surface area contributed by atoms with Gasteiger partial charge in [-0.25, -0.2) is 0 Å². The second-order valence-corrected chi connectivity index (χ2v) is 14.6. The lowest BCUT2D eigenvalue weighted by atomic mass is 10.0. The first-order valence-corrected chi connectivity index (χ1v) is 19.2. The minimum absolute atomic E-state index is 1.15. The maximum Gasteiger partial charge on any atom is 0.0809 e. The molecule has 0 N–H and O–H groups in total. The van der Waals surface area contributed by atoms with Crippen LogP contribution in [-0.2, 0) is 0 Å². The molecule has 0 fully saturated rings. The molecule has 0 aliphatic carbocycles. The molecule has 262 valence electrons. The average molecular weight is 715 g/mol. The maximum absolute atomic E-state index is 2.45. The molecule has 0 aliphatic heterocycles. The number of para-hydroxylation sites is 2. The monoisotopic (exact) mass is 714 g/mol. The summed E-state index contributed by atoms with van der Waals surface area (Å²) in [5.74, 6) is 0. The lowest BCUT2D eigenvalue weighted by Crippen LogP contribution is -1.95. The van der Waals surface area contributed by atoms with E-state index in [0.29, 0.717) is 0 Å². The third-order valence-corrected chi connectivity index (χ3v) is 11.6. The summed E-state index contributed by atoms with van der Waals surface area (Å²) in [4.78, 5) is 0. The van der Waals surface area contributed by atoms with Crippen LogP contribution in [0.1, 0.15) is 0 Å². The van der Waals surface area contributed by atoms with E-state index in [9.17, 15) is 0 Å². The molecule has 4 nitrogen and oxygen atoms in total. The number of fused-ring (bicyclic) bond motifs is 10. The molecule has 0 aliphatic rings. The summed E-state index contributed by atoms with van der Waals surface area (Å²) in [7, 11) is 0. The van der Waals surface area contributed by atoms with E-state index in [4.69, 9.17) is 0 Å². The number of benzene rings is 6. The summed E-state index contributed by atoms with van der Waals surface area (Å²) >= 11 is 0. The summed E-state index contributed by atoms with van der Waals surface area (Å²) in [5, 5.41) is 2.44. The van der Waals surface area contributed by atoms with Crippen LogP contribution in [0.15, 0.2) is 207 Å². The fourth-order valence-corrected chi connectivity index (χ4v) is 9.25. The number of pyridine rings is 2. The SMILES string of the molecule is c1ccc(-c2c3c(c4cc(-c5ccc6c(c5)c5c(c(-c7ccccc7)c7ccccn75)n6-c5ccccc5)ccc4n3-c3ccccc3)n3ccccc23)cc1. The highest BCUT2D eigenvalue weighted by Gasteiger charge is 2.25. The first kappa shape index (κ1) is 30.9. The molecule has 56 heavy (non-hydrogen) atoms. The number of nitrogens with zero attached hydrogens (tertiary/aromatic N) is 4. The van der Waals surface area contributed by atoms with Gasteiger partial charge in [0.25, 0.3) is 0 Å². The van der Waals surface area contributed by atoms with Crippen molar-refractivity contribution in [1.29, 1.82) is 0 Å². The molecule has 0 atom stereocenters. The van der Waals surface area contributed by atoms with Gasteiger partial charge in [0.05, 0.1) is 44.1 Å². The van der Waals surface area contributed by atoms with Crippen molar-refractivity contribution in [3.63, 3.8) is 0 Å². The van der Waals surface area contributed by atoms with Crippen molar-refractivity contribution in [1.82, 2.24) is 17.9 Å². The first-order valence-electron chi connectivity index (χ1n) is 19.2. The highest BCUT2D eigenvalue weighted by Crippen LogP contribution is 2.46. The lowest BCUT2D eigenvalue weighted by Gasteiger charge is -2.11. The zero-order chi connectivity index (χ0) is 36.7. The van der Waals surface area contributed by atoms with E-state index in [1.807, 2.05) is 0 Å². The number of hydrogen-bond acceptors (Lipinski definition) is 0. The van der Waals surface area contributed by atoms with Gasteiger partial charge in [0.15, 0.2) is 0 Å². The second-order valence-electron chi connectivity index (χ2n) is 14.6. The Morgan fingerprint density at radius 2 is 0.643 bits per heavy atom. The minimum Gasteiger partial charge on any atom is -0.314 e. The summed E-state index contributed by atoms with van der Waals surface area (Å²) in [6.07, 6.45) is 4.42. The van der Waals surface area contributed by atoms with Gasteiger partial charge in [-0.2, -0.15) is 0 Å². The van der Waals surface area contributed by atoms with Crippen LogP contribution in [0, 0.1) is 0 Å². The predicted octanol–water partition coefficient (Wildman–Crippen LogP) is 13.4. The van der Waals surface area contributed by atoms with Gasteiger partial charge in [0, 0.05) is 45.7 Å². The number of aromatic nitrogens is 4. The van der Waals surface area contributed by atoms with Crippen molar-refractivity contribution in [3.05, 3.63) is 207 Å². The standard InChI is InChI=1S/C52H34N4/c1-5-17-35(18-6-1)47-45-25-13-15-31-53(45)49-41-33-37(27-29-43(41)55(51(47)49)39-21-9-3-10-22-39)38-28-30-44-42(34-38)50-52(56(44)40-23-11-4-12-24-40)48(36-19-7-2-8-20-36)46-26-14-16-32-54(46)50/h1-34H. The van der Waals surface area contributed by atoms with E-state index in [0.717, 1.165) is 11.4 Å². The van der Waals surface area contributed by atoms with Crippen molar-refractivity contribution < 1.29 is 0 Å². The van der Waals surface area contributed by atoms with Gasteiger partial charge in [-0.15, -0.1) is 0 Å². The molecule has 12 rings (SSSR count). The van der Waals surface area contributed by atoms with Crippen LogP contribution in [0.2, 0.25) is 0 Å². The molecule has 0 saturated carbocycles. The van der Waals surface area contributed by atoms with E-state index < -0.39 is 0 Å². The fourth-order valence-electron chi connectivity index (χ4n) is 9.25. The Kier molecular flexibility index (Phi) is 6.60. The first-order chi connectivity index (χ1) is 27.8. The average Bonchev–Trinajstić information content (AvgIpc) is 3.99. The Balaban J connectivity index is 1.17. The quantitative estimate of drug-likeness (QED) is 0.169. The summed E-state index contributed by atoms with van der Waals surface area (Å²) < 4.78 is 9.67. The van der Waals surface area contributed by atoms with E-state index in [2.05, 4.69) is 224 Å². The Labute approximate surface area is 323 Å². The lowest BCUT2D eigenvalue weighted by molar-refractivity contribution is 1.18. The molecule has 0 unspecified atom stereocenters. The minimum atomic E-state index is 1.15. The number of hydrogen-bond donors (Lipinski definition) is 0. The Hall–Kier alpha value is -7.56. The molecule has 6 aromatic carbocycles. The Bertz CT molecular complexity index is 3200. The van der Waals surface area contributed by atoms with Crippen molar-refractivity contribution in [2.24, 2.45) is 0 Å². The van der Waals surface area contributed by atoms with Crippen molar-refractivity contribution in [2.75, 3.05) is 0 Å². The highest BCUT2D eigenvalue weighted by atomic mass is 15.0. The van der Waals surface area contributed by atoms with Gasteiger partial charge in [-0.3, -0.25) is 0 Å². The van der Waals surface area contributed by atoms with Gasteiger partial charge in [0.2, 0.25) is 0 Å². The summed E-state index contributed by atoms with van der Waals surface area (Å²) in [6.45, 7) is 0. The van der Waals surface area contributed by atoms with Crippen molar-refractivity contribution in [2.45, 2.75) is 0 Å². The van der Waals surface area contributed by atoms with Crippen LogP contribution >= 0.6 is 0 Å². The third-order valence-electron chi connectivity index (χ3n) is 11.6. The zero-order valence-electron chi connectivity index (χ0n) is 30.4. The molecule has 6 heterocycles. The predicted molar refractivity (Wildman–Crippen MR) is 233 cm³/mol. The van der Waals surface area contributed by atoms with E-state index in [1.54, 1.807) is 0 Å². The normalized spacial score (nSPS) is 11.9. The molecular weight excluding hydrogens is 681 g/mol. The van der Waals surface area contributed by atoms with Gasteiger partial charge in [0.1, 0.15) is 0 Å². The molecule has 0 saturated heterocycles. The van der Waals surface area contributed by atoms with Gasteiger partial charge in [-0.05, 0) is 95.1 Å². The molecular formula is C52H34N4. The fraction of sp³-hybridized carbons (Fsp3) is 0. The molecule has 4 heteroatoms. The summed E-state index contributed by atoms with van der Waals surface area (Å²) in [6, 6.07) is 70.3. The Morgan fingerprint density at radius 3 is 1.05 bits per heavy atom. The molecule has 0 bridgehead atoms. The largest absolute Gasteiger partial charge is 0.314 e. The van der Waals surface area contributed by atoms with Crippen molar-refractivity contribution in [3.8, 4) is 44.8 Å². The van der Waals surface area contributed by atoms with Crippen molar-refractivity contribution >= 4 is 54.9 Å². The highest BCUT2D eigenvalue weighted by molar-refractivity contribution is 6.20. The molecule has 6 aromatic heterocycles. The molecule has 0 amide bonds. The van der Waals surface area contributed by atoms with Crippen LogP contribution in [0.5, 0.6) is 0 Å². The maximum atomic E-state index is 2.45. The van der Waals surface area contributed by atoms with Gasteiger partial charge in [-0.1, -0.05) is 121 Å². The Morgan fingerprint density at radius 1 is 0.268 bits per heavy atom. The smallest absolute Gasteiger partial charge is 0.0809 e. The van der Waals surface area contributed by atoms with Gasteiger partial charge >= 0.3 is 0 Å². The summed E-state index contributed by atoms with van der Waals surface area (Å²) in [5.41, 5.74) is 19.2. The second kappa shape index (κ2) is 12.0.